The molecule has 3 rings (SSSR count). The van der Waals surface area contributed by atoms with Gasteiger partial charge in [0, 0.05) is 21.0 Å². The molecule has 8 heavy (non-hydrogen) atoms. The summed E-state index contributed by atoms with van der Waals surface area (Å²) in [5.74, 6) is 0. The summed E-state index contributed by atoms with van der Waals surface area (Å²) >= 11 is 4.44. The minimum absolute atomic E-state index is 1.12. The molecule has 0 aromatic rings. The summed E-state index contributed by atoms with van der Waals surface area (Å²) in [5.41, 5.74) is 0. The molecule has 3 aliphatic rings. The number of hydrogen-bond acceptors (Lipinski definition) is 2. The summed E-state index contributed by atoms with van der Waals surface area (Å²) in [5, 5.41) is 4.47. The third-order valence-electron chi connectivity index (χ3n) is 2.30. The molecule has 1 aliphatic carbocycles. The summed E-state index contributed by atoms with van der Waals surface area (Å²) in [7, 11) is 0. The number of hydrogen-bond donors (Lipinski definition) is 0. The second-order valence-corrected chi connectivity index (χ2v) is 5.86. The van der Waals surface area contributed by atoms with E-state index in [1.807, 2.05) is 0 Å². The third kappa shape index (κ3) is 0.508. The Labute approximate surface area is 57.8 Å². The lowest BCUT2D eigenvalue weighted by atomic mass is 10.0. The van der Waals surface area contributed by atoms with Crippen LogP contribution in [0.1, 0.15) is 12.8 Å². The smallest absolute Gasteiger partial charge is 0.0181 e. The second kappa shape index (κ2) is 1.24. The van der Waals surface area contributed by atoms with E-state index >= 15 is 0 Å². The van der Waals surface area contributed by atoms with E-state index in [2.05, 4.69) is 23.5 Å². The van der Waals surface area contributed by atoms with Crippen molar-refractivity contribution in [2.75, 3.05) is 0 Å². The molecule has 0 nitrogen and oxygen atoms in total. The Balaban J connectivity index is 1.85. The molecule has 2 heterocycles. The molecule has 1 saturated carbocycles. The molecular weight excluding hydrogens is 136 g/mol. The Hall–Kier alpha value is 0.700. The molecule has 0 spiro atoms. The van der Waals surface area contributed by atoms with Crippen molar-refractivity contribution in [2.45, 2.75) is 33.8 Å². The zero-order valence-electron chi connectivity index (χ0n) is 4.54. The van der Waals surface area contributed by atoms with Crippen LogP contribution in [-0.2, 0) is 0 Å². The molecule has 2 aliphatic heterocycles. The van der Waals surface area contributed by atoms with E-state index in [0.29, 0.717) is 0 Å². The maximum absolute atomic E-state index is 2.22. The Bertz CT molecular complexity index is 106. The van der Waals surface area contributed by atoms with Crippen molar-refractivity contribution >= 4 is 23.5 Å². The van der Waals surface area contributed by atoms with E-state index in [9.17, 15) is 0 Å². The highest BCUT2D eigenvalue weighted by Gasteiger charge is 2.54. The zero-order valence-corrected chi connectivity index (χ0v) is 6.17. The predicted octanol–water partition coefficient (Wildman–Crippen LogP) is 1.75. The fourth-order valence-electron chi connectivity index (χ4n) is 1.65. The summed E-state index contributed by atoms with van der Waals surface area (Å²) in [6.45, 7) is 0. The number of rotatable bonds is 0. The van der Waals surface area contributed by atoms with Gasteiger partial charge in [-0.25, -0.2) is 0 Å². The van der Waals surface area contributed by atoms with Gasteiger partial charge in [-0.1, -0.05) is 0 Å². The van der Waals surface area contributed by atoms with E-state index in [4.69, 9.17) is 0 Å². The van der Waals surface area contributed by atoms with E-state index in [1.54, 1.807) is 12.8 Å². The van der Waals surface area contributed by atoms with Crippen LogP contribution in [0.15, 0.2) is 0 Å². The molecule has 0 amide bonds. The Morgan fingerprint density at radius 1 is 0.750 bits per heavy atom. The van der Waals surface area contributed by atoms with Crippen molar-refractivity contribution in [1.29, 1.82) is 0 Å². The minimum atomic E-state index is 1.12. The molecule has 0 aromatic heterocycles. The van der Waals surface area contributed by atoms with Crippen molar-refractivity contribution in [3.63, 3.8) is 0 Å². The Morgan fingerprint density at radius 3 is 1.50 bits per heavy atom. The summed E-state index contributed by atoms with van der Waals surface area (Å²) in [6.07, 6.45) is 3.09. The van der Waals surface area contributed by atoms with Gasteiger partial charge in [-0.15, -0.1) is 0 Å². The van der Waals surface area contributed by atoms with Gasteiger partial charge in [-0.3, -0.25) is 0 Å². The molecule has 2 saturated heterocycles. The molecule has 0 bridgehead atoms. The lowest BCUT2D eigenvalue weighted by Crippen LogP contribution is -2.10. The standard InChI is InChI=1S/C6H8S2/c1-3-5(7-3)2-6-4(1)8-6/h3-6H,1-2H2. The van der Waals surface area contributed by atoms with Gasteiger partial charge < -0.3 is 0 Å². The molecule has 0 aromatic carbocycles. The van der Waals surface area contributed by atoms with Crippen LogP contribution in [0.4, 0.5) is 0 Å². The summed E-state index contributed by atoms with van der Waals surface area (Å²) < 4.78 is 0. The molecule has 2 heteroatoms. The zero-order chi connectivity index (χ0) is 5.14. The normalized spacial score (nSPS) is 66.0. The summed E-state index contributed by atoms with van der Waals surface area (Å²) in [4.78, 5) is 0. The number of thioether (sulfide) groups is 2. The van der Waals surface area contributed by atoms with Gasteiger partial charge in [0.1, 0.15) is 0 Å². The second-order valence-electron chi connectivity index (χ2n) is 2.90. The first kappa shape index (κ1) is 4.51. The maximum Gasteiger partial charge on any atom is 0.0181 e. The average molecular weight is 144 g/mol. The van der Waals surface area contributed by atoms with Crippen LogP contribution in [0.3, 0.4) is 0 Å². The highest BCUT2D eigenvalue weighted by atomic mass is 32.2. The molecule has 0 N–H and O–H groups in total. The maximum atomic E-state index is 2.22. The lowest BCUT2D eigenvalue weighted by molar-refractivity contribution is 0.652. The van der Waals surface area contributed by atoms with Crippen LogP contribution in [-0.4, -0.2) is 21.0 Å². The first-order valence-corrected chi connectivity index (χ1v) is 5.13. The fraction of sp³-hybridized carbons (Fsp3) is 1.00. The largest absolute Gasteiger partial charge is 0.153 e. The van der Waals surface area contributed by atoms with Gasteiger partial charge in [0.2, 0.25) is 0 Å². The highest BCUT2D eigenvalue weighted by Crippen LogP contribution is 2.62. The van der Waals surface area contributed by atoms with Gasteiger partial charge in [0.15, 0.2) is 0 Å². The van der Waals surface area contributed by atoms with Crippen LogP contribution >= 0.6 is 23.5 Å². The first-order valence-electron chi connectivity index (χ1n) is 3.24. The monoisotopic (exact) mass is 144 g/mol. The van der Waals surface area contributed by atoms with Gasteiger partial charge >= 0.3 is 0 Å². The van der Waals surface area contributed by atoms with Crippen LogP contribution in [0.2, 0.25) is 0 Å². The molecular formula is C6H8S2. The third-order valence-corrected chi connectivity index (χ3v) is 5.16. The Kier molecular flexibility index (Phi) is 0.698. The number of fused-ring (bicyclic) bond motifs is 2. The van der Waals surface area contributed by atoms with Gasteiger partial charge in [-0.05, 0) is 12.8 Å². The fourth-order valence-corrected chi connectivity index (χ4v) is 4.32. The predicted molar refractivity (Wildman–Crippen MR) is 39.6 cm³/mol. The van der Waals surface area contributed by atoms with Crippen molar-refractivity contribution in [2.24, 2.45) is 0 Å². The van der Waals surface area contributed by atoms with E-state index in [0.717, 1.165) is 21.0 Å². The Morgan fingerprint density at radius 2 is 1.12 bits per heavy atom. The van der Waals surface area contributed by atoms with Crippen molar-refractivity contribution in [3.8, 4) is 0 Å². The van der Waals surface area contributed by atoms with Crippen molar-refractivity contribution in [1.82, 2.24) is 0 Å². The SMILES string of the molecule is C1C2SC2CC2SC12. The highest BCUT2D eigenvalue weighted by molar-refractivity contribution is 8.09. The topological polar surface area (TPSA) is 0 Å². The molecule has 3 fully saturated rings. The quantitative estimate of drug-likeness (QED) is 0.475. The molecule has 4 unspecified atom stereocenters. The molecule has 44 valence electrons. The van der Waals surface area contributed by atoms with Gasteiger partial charge in [0.05, 0.1) is 0 Å². The lowest BCUT2D eigenvalue weighted by Gasteiger charge is -2.00. The van der Waals surface area contributed by atoms with Crippen LogP contribution in [0.25, 0.3) is 0 Å². The van der Waals surface area contributed by atoms with Crippen LogP contribution < -0.4 is 0 Å². The van der Waals surface area contributed by atoms with Crippen LogP contribution in [0.5, 0.6) is 0 Å². The van der Waals surface area contributed by atoms with Gasteiger partial charge in [0.25, 0.3) is 0 Å². The minimum Gasteiger partial charge on any atom is -0.153 e. The van der Waals surface area contributed by atoms with Crippen molar-refractivity contribution in [3.05, 3.63) is 0 Å². The van der Waals surface area contributed by atoms with Crippen LogP contribution in [0, 0.1) is 0 Å². The van der Waals surface area contributed by atoms with Crippen molar-refractivity contribution < 1.29 is 0 Å². The molecule has 4 atom stereocenters. The average Bonchev–Trinajstić information content (AvgIpc) is 2.45. The van der Waals surface area contributed by atoms with E-state index in [1.165, 1.54) is 0 Å². The molecule has 0 radical (unpaired) electrons. The van der Waals surface area contributed by atoms with E-state index < -0.39 is 0 Å². The van der Waals surface area contributed by atoms with Gasteiger partial charge in [-0.2, -0.15) is 23.5 Å². The van der Waals surface area contributed by atoms with E-state index in [-0.39, 0.29) is 0 Å². The first-order chi connectivity index (χ1) is 3.93. The summed E-state index contributed by atoms with van der Waals surface area (Å²) in [6, 6.07) is 0.